The quantitative estimate of drug-likeness (QED) is 0.180. The predicted octanol–water partition coefficient (Wildman–Crippen LogP) is 12.7. The summed E-state index contributed by atoms with van der Waals surface area (Å²) >= 11 is 0. The van der Waals surface area contributed by atoms with Crippen molar-refractivity contribution in [3.8, 4) is 34.0 Å². The van der Waals surface area contributed by atoms with E-state index in [1.54, 1.807) is 0 Å². The number of rotatable bonds is 5. The Morgan fingerprint density at radius 2 is 1.12 bits per heavy atom. The van der Waals surface area contributed by atoms with Gasteiger partial charge >= 0.3 is 0 Å². The van der Waals surface area contributed by atoms with Crippen molar-refractivity contribution in [3.63, 3.8) is 0 Å². The molecule has 2 heterocycles. The van der Waals surface area contributed by atoms with E-state index < -0.39 is 0 Å². The number of benzene rings is 7. The first-order valence-corrected chi connectivity index (χ1v) is 17.8. The normalized spacial score (nSPS) is 14.3. The number of nitrogens with zero attached hydrogens (tertiary/aromatic N) is 3. The van der Waals surface area contributed by atoms with E-state index in [1.807, 2.05) is 6.07 Å². The van der Waals surface area contributed by atoms with Crippen molar-refractivity contribution >= 4 is 49.2 Å². The van der Waals surface area contributed by atoms with Crippen LogP contribution in [0.25, 0.3) is 77.1 Å². The van der Waals surface area contributed by atoms with Crippen LogP contribution in [-0.4, -0.2) is 9.13 Å². The van der Waals surface area contributed by atoms with Gasteiger partial charge in [-0.3, -0.25) is 0 Å². The molecule has 1 aliphatic carbocycles. The molecule has 0 bridgehead atoms. The number of nitriles is 1. The van der Waals surface area contributed by atoms with E-state index in [0.29, 0.717) is 5.56 Å². The summed E-state index contributed by atoms with van der Waals surface area (Å²) in [5.41, 5.74) is 13.6. The summed E-state index contributed by atoms with van der Waals surface area (Å²) in [5, 5.41) is 14.7. The molecule has 9 aromatic rings. The zero-order chi connectivity index (χ0) is 34.6. The highest BCUT2D eigenvalue weighted by molar-refractivity contribution is 6.12. The van der Waals surface area contributed by atoms with Crippen LogP contribution in [0.15, 0.2) is 182 Å². The van der Waals surface area contributed by atoms with E-state index in [1.165, 1.54) is 66.1 Å². The first kappa shape index (κ1) is 30.0. The van der Waals surface area contributed by atoms with Gasteiger partial charge in [-0.15, -0.1) is 0 Å². The van der Waals surface area contributed by atoms with Gasteiger partial charge in [0.1, 0.15) is 0 Å². The minimum Gasteiger partial charge on any atom is -0.333 e. The van der Waals surface area contributed by atoms with Crippen LogP contribution < -0.4 is 0 Å². The molecule has 0 N–H and O–H groups in total. The molecule has 1 unspecified atom stereocenters. The first-order valence-electron chi connectivity index (χ1n) is 17.8. The highest BCUT2D eigenvalue weighted by Gasteiger charge is 2.21. The molecule has 244 valence electrons. The Kier molecular flexibility index (Phi) is 7.01. The second-order valence-electron chi connectivity index (χ2n) is 13.6. The number of para-hydroxylation sites is 1. The van der Waals surface area contributed by atoms with Crippen LogP contribution in [0.5, 0.6) is 0 Å². The van der Waals surface area contributed by atoms with Gasteiger partial charge in [-0.05, 0) is 94.4 Å². The summed E-state index contributed by atoms with van der Waals surface area (Å²) in [4.78, 5) is 0. The Hall–Kier alpha value is -6.89. The van der Waals surface area contributed by atoms with Crippen LogP contribution in [0.1, 0.15) is 23.6 Å². The molecule has 1 atom stereocenters. The van der Waals surface area contributed by atoms with Gasteiger partial charge in [-0.25, -0.2) is 0 Å². The van der Waals surface area contributed by atoms with Gasteiger partial charge in [0.05, 0.1) is 34.2 Å². The van der Waals surface area contributed by atoms with Crippen LogP contribution in [-0.2, 0) is 0 Å². The zero-order valence-corrected chi connectivity index (χ0v) is 28.4. The minimum atomic E-state index is 0.128. The van der Waals surface area contributed by atoms with E-state index in [4.69, 9.17) is 0 Å². The molecular formula is C49H33N3. The standard InChI is InChI=1S/C49H33N3/c50-32-33-21-24-43-45-31-39(23-26-48(45)52(49(43)27-33)41-18-10-16-37(29-41)35-13-5-2-6-14-35)38-22-25-47-44(30-38)42-19-7-8-20-46(42)51(47)40-17-9-15-36(28-40)34-11-3-1-4-12-34/h1-17,19-31,41H,18H2. The van der Waals surface area contributed by atoms with Crippen molar-refractivity contribution < 1.29 is 0 Å². The molecule has 0 radical (unpaired) electrons. The van der Waals surface area contributed by atoms with Crippen LogP contribution >= 0.6 is 0 Å². The maximum atomic E-state index is 9.87. The van der Waals surface area contributed by atoms with E-state index in [2.05, 4.69) is 191 Å². The van der Waals surface area contributed by atoms with Gasteiger partial charge in [0.25, 0.3) is 0 Å². The minimum absolute atomic E-state index is 0.128. The lowest BCUT2D eigenvalue weighted by Gasteiger charge is -2.21. The average molecular weight is 664 g/mol. The Morgan fingerprint density at radius 1 is 0.481 bits per heavy atom. The smallest absolute Gasteiger partial charge is 0.0992 e. The SMILES string of the molecule is N#Cc1ccc2c3cc(-c4ccc5c(c4)c4ccccc4n5-c4cccc(-c5ccccc5)c4)ccc3n(C3C=C(c4ccccc4)C=CC3)c2c1. The Balaban J connectivity index is 1.12. The molecule has 0 saturated heterocycles. The van der Waals surface area contributed by atoms with Crippen molar-refractivity contribution in [2.45, 2.75) is 12.5 Å². The number of hydrogen-bond acceptors (Lipinski definition) is 1. The molecule has 2 aromatic heterocycles. The summed E-state index contributed by atoms with van der Waals surface area (Å²) in [7, 11) is 0. The van der Waals surface area contributed by atoms with Crippen LogP contribution in [0.2, 0.25) is 0 Å². The van der Waals surface area contributed by atoms with Crippen molar-refractivity contribution in [1.82, 2.24) is 9.13 Å². The molecule has 10 rings (SSSR count). The Morgan fingerprint density at radius 3 is 1.90 bits per heavy atom. The second-order valence-corrected chi connectivity index (χ2v) is 13.6. The summed E-state index contributed by atoms with van der Waals surface area (Å²) < 4.78 is 4.82. The lowest BCUT2D eigenvalue weighted by molar-refractivity contribution is 0.650. The largest absolute Gasteiger partial charge is 0.333 e. The van der Waals surface area contributed by atoms with Crippen LogP contribution in [0.4, 0.5) is 0 Å². The van der Waals surface area contributed by atoms with Crippen molar-refractivity contribution in [2.75, 3.05) is 0 Å². The number of fused-ring (bicyclic) bond motifs is 6. The van der Waals surface area contributed by atoms with E-state index in [-0.39, 0.29) is 6.04 Å². The fourth-order valence-electron chi connectivity index (χ4n) is 8.21. The molecule has 0 saturated carbocycles. The molecule has 0 amide bonds. The van der Waals surface area contributed by atoms with Gasteiger partial charge in [0.15, 0.2) is 0 Å². The third-order valence-electron chi connectivity index (χ3n) is 10.6. The topological polar surface area (TPSA) is 33.6 Å². The summed E-state index contributed by atoms with van der Waals surface area (Å²) in [6.07, 6.45) is 7.77. The van der Waals surface area contributed by atoms with Crippen LogP contribution in [0.3, 0.4) is 0 Å². The van der Waals surface area contributed by atoms with E-state index in [9.17, 15) is 5.26 Å². The fraction of sp³-hybridized carbons (Fsp3) is 0.0408. The third-order valence-corrected chi connectivity index (χ3v) is 10.6. The Bertz CT molecular complexity index is 2930. The molecule has 1 aliphatic rings. The molecule has 3 nitrogen and oxygen atoms in total. The Labute approximate surface area is 302 Å². The molecule has 0 fully saturated rings. The lowest BCUT2D eigenvalue weighted by atomic mass is 9.96. The van der Waals surface area contributed by atoms with E-state index in [0.717, 1.165) is 23.0 Å². The van der Waals surface area contributed by atoms with Crippen molar-refractivity contribution in [3.05, 3.63) is 193 Å². The highest BCUT2D eigenvalue weighted by Crippen LogP contribution is 2.40. The summed E-state index contributed by atoms with van der Waals surface area (Å²) in [6, 6.07) is 61.1. The monoisotopic (exact) mass is 663 g/mol. The van der Waals surface area contributed by atoms with Crippen molar-refractivity contribution in [1.29, 1.82) is 5.26 Å². The van der Waals surface area contributed by atoms with Gasteiger partial charge in [-0.1, -0.05) is 127 Å². The average Bonchev–Trinajstić information content (AvgIpc) is 3.73. The van der Waals surface area contributed by atoms with Gasteiger partial charge in [0.2, 0.25) is 0 Å². The van der Waals surface area contributed by atoms with Gasteiger partial charge in [0, 0.05) is 32.7 Å². The van der Waals surface area contributed by atoms with Gasteiger partial charge in [-0.2, -0.15) is 5.26 Å². The number of aromatic nitrogens is 2. The highest BCUT2D eigenvalue weighted by atomic mass is 15.0. The second kappa shape index (κ2) is 12.2. The maximum Gasteiger partial charge on any atom is 0.0992 e. The number of allylic oxidation sites excluding steroid dienone is 4. The zero-order valence-electron chi connectivity index (χ0n) is 28.4. The predicted molar refractivity (Wildman–Crippen MR) is 217 cm³/mol. The van der Waals surface area contributed by atoms with E-state index >= 15 is 0 Å². The summed E-state index contributed by atoms with van der Waals surface area (Å²) in [6.45, 7) is 0. The first-order chi connectivity index (χ1) is 25.7. The molecule has 0 spiro atoms. The molecule has 7 aromatic carbocycles. The molecule has 0 aliphatic heterocycles. The maximum absolute atomic E-state index is 9.87. The van der Waals surface area contributed by atoms with Crippen LogP contribution in [0, 0.1) is 11.3 Å². The van der Waals surface area contributed by atoms with Gasteiger partial charge < -0.3 is 9.13 Å². The molecule has 52 heavy (non-hydrogen) atoms. The molecule has 3 heteroatoms. The third kappa shape index (κ3) is 4.88. The number of hydrogen-bond donors (Lipinski definition) is 0. The van der Waals surface area contributed by atoms with Crippen molar-refractivity contribution in [2.24, 2.45) is 0 Å². The lowest BCUT2D eigenvalue weighted by Crippen LogP contribution is -2.08. The fourth-order valence-corrected chi connectivity index (χ4v) is 8.21. The summed E-state index contributed by atoms with van der Waals surface area (Å²) in [5.74, 6) is 0. The molecular weight excluding hydrogens is 631 g/mol.